The first-order valence-corrected chi connectivity index (χ1v) is 12.7. The van der Waals surface area contributed by atoms with Crippen molar-refractivity contribution in [3.63, 3.8) is 0 Å². The molecule has 0 aromatic carbocycles. The Labute approximate surface area is 209 Å². The second-order valence-corrected chi connectivity index (χ2v) is 10.5. The van der Waals surface area contributed by atoms with E-state index in [9.17, 15) is 26.4 Å². The summed E-state index contributed by atoms with van der Waals surface area (Å²) in [5, 5.41) is 7.75. The summed E-state index contributed by atoms with van der Waals surface area (Å²) in [5.74, 6) is -0.574. The van der Waals surface area contributed by atoms with Gasteiger partial charge in [-0.2, -0.15) is 18.3 Å². The van der Waals surface area contributed by atoms with E-state index in [0.29, 0.717) is 5.69 Å². The molecule has 0 aliphatic heterocycles. The van der Waals surface area contributed by atoms with Crippen LogP contribution in [-0.4, -0.2) is 51.7 Å². The highest BCUT2D eigenvalue weighted by Crippen LogP contribution is 2.60. The Morgan fingerprint density at radius 3 is 2.58 bits per heavy atom. The topological polar surface area (TPSA) is 121 Å². The second-order valence-electron chi connectivity index (χ2n) is 8.49. The van der Waals surface area contributed by atoms with Crippen molar-refractivity contribution < 1.29 is 31.1 Å². The molecule has 3 heterocycles. The van der Waals surface area contributed by atoms with Gasteiger partial charge < -0.3 is 4.74 Å². The van der Waals surface area contributed by atoms with E-state index >= 15 is 0 Å². The summed E-state index contributed by atoms with van der Waals surface area (Å²) >= 11 is 6.13. The number of pyridine rings is 1. The number of alkyl halides is 3. The molecule has 10 nitrogen and oxygen atoms in total. The highest BCUT2D eigenvalue weighted by Gasteiger charge is 2.62. The largest absolute Gasteiger partial charge is 0.477 e. The molecule has 194 valence electrons. The summed E-state index contributed by atoms with van der Waals surface area (Å²) in [6.07, 6.45) is -1.01. The van der Waals surface area contributed by atoms with Crippen LogP contribution in [0.25, 0.3) is 5.82 Å². The number of nitrogens with one attached hydrogen (secondary N) is 1. The van der Waals surface area contributed by atoms with Gasteiger partial charge in [-0.25, -0.2) is 22.8 Å². The number of aryl methyl sites for hydroxylation is 1. The van der Waals surface area contributed by atoms with Crippen LogP contribution in [0.3, 0.4) is 0 Å². The number of hydrogen-bond acceptors (Lipinski definition) is 7. The average Bonchev–Trinajstić information content (AvgIpc) is 3.32. The number of carbonyl (C=O) groups excluding carboxylic acids is 1. The summed E-state index contributed by atoms with van der Waals surface area (Å²) in [4.78, 5) is 16.5. The number of halogens is 4. The summed E-state index contributed by atoms with van der Waals surface area (Å²) < 4.78 is 74.1. The molecule has 3 aromatic heterocycles. The zero-order valence-corrected chi connectivity index (χ0v) is 20.8. The number of sulfonamides is 1. The first kappa shape index (κ1) is 25.9. The predicted molar refractivity (Wildman–Crippen MR) is 121 cm³/mol. The van der Waals surface area contributed by atoms with Crippen molar-refractivity contribution in [1.29, 1.82) is 0 Å². The number of nitrogens with zero attached hydrogens (tertiary/aromatic N) is 5. The molecule has 3 aromatic rings. The van der Waals surface area contributed by atoms with E-state index in [1.54, 1.807) is 14.0 Å². The molecular weight excluding hydrogens is 525 g/mol. The SMILES string of the molecule is Cc1c(S(=O)(=O)NC(=O)c2ccc(-n3ccc(OCCCC4(C(F)(F)F)CC4)n3)nc2Cl)cnn1C. The fourth-order valence-electron chi connectivity index (χ4n) is 3.62. The van der Waals surface area contributed by atoms with Gasteiger partial charge in [-0.05, 0) is 44.7 Å². The van der Waals surface area contributed by atoms with Gasteiger partial charge in [0.05, 0.1) is 29.5 Å². The van der Waals surface area contributed by atoms with Crippen molar-refractivity contribution in [2.75, 3.05) is 6.61 Å². The van der Waals surface area contributed by atoms with E-state index in [4.69, 9.17) is 16.3 Å². The summed E-state index contributed by atoms with van der Waals surface area (Å²) in [6, 6.07) is 4.20. The molecule has 36 heavy (non-hydrogen) atoms. The van der Waals surface area contributed by atoms with Crippen LogP contribution in [0.4, 0.5) is 13.2 Å². The summed E-state index contributed by atoms with van der Waals surface area (Å²) in [7, 11) is -2.62. The van der Waals surface area contributed by atoms with Crippen LogP contribution in [0.1, 0.15) is 41.7 Å². The highest BCUT2D eigenvalue weighted by molar-refractivity contribution is 7.90. The molecule has 4 rings (SSSR count). The Morgan fingerprint density at radius 1 is 1.28 bits per heavy atom. The van der Waals surface area contributed by atoms with Crippen LogP contribution in [0.15, 0.2) is 35.5 Å². The van der Waals surface area contributed by atoms with E-state index in [1.807, 2.05) is 4.72 Å². The van der Waals surface area contributed by atoms with Gasteiger partial charge in [-0.1, -0.05) is 11.6 Å². The van der Waals surface area contributed by atoms with Crippen LogP contribution in [0, 0.1) is 12.3 Å². The Hall–Kier alpha value is -3.13. The monoisotopic (exact) mass is 546 g/mol. The Kier molecular flexibility index (Phi) is 6.77. The van der Waals surface area contributed by atoms with Gasteiger partial charge in [0.2, 0.25) is 5.88 Å². The van der Waals surface area contributed by atoms with Gasteiger partial charge in [0, 0.05) is 19.3 Å². The summed E-state index contributed by atoms with van der Waals surface area (Å²) in [6.45, 7) is 1.62. The Balaban J connectivity index is 1.37. The minimum atomic E-state index is -4.19. The zero-order chi connectivity index (χ0) is 26.3. The molecule has 0 atom stereocenters. The Bertz CT molecular complexity index is 1400. The predicted octanol–water partition coefficient (Wildman–Crippen LogP) is 3.58. The lowest BCUT2D eigenvalue weighted by Gasteiger charge is -2.18. The van der Waals surface area contributed by atoms with Crippen LogP contribution >= 0.6 is 11.6 Å². The van der Waals surface area contributed by atoms with Gasteiger partial charge >= 0.3 is 6.18 Å². The molecule has 1 saturated carbocycles. The molecule has 1 amide bonds. The zero-order valence-electron chi connectivity index (χ0n) is 19.2. The fourth-order valence-corrected chi connectivity index (χ4v) is 5.03. The quantitative estimate of drug-likeness (QED) is 0.321. The average molecular weight is 547 g/mol. The van der Waals surface area contributed by atoms with Gasteiger partial charge in [0.25, 0.3) is 15.9 Å². The summed E-state index contributed by atoms with van der Waals surface area (Å²) in [5.41, 5.74) is -1.40. The third kappa shape index (κ3) is 5.19. The van der Waals surface area contributed by atoms with E-state index in [0.717, 1.165) is 6.20 Å². The van der Waals surface area contributed by atoms with Crippen molar-refractivity contribution in [3.05, 3.63) is 47.0 Å². The van der Waals surface area contributed by atoms with Crippen LogP contribution in [0.5, 0.6) is 5.88 Å². The number of carbonyl (C=O) groups is 1. The van der Waals surface area contributed by atoms with E-state index in [2.05, 4.69) is 15.2 Å². The fraction of sp³-hybridized carbons (Fsp3) is 0.429. The number of hydrogen-bond donors (Lipinski definition) is 1. The van der Waals surface area contributed by atoms with Crippen LogP contribution in [-0.2, 0) is 17.1 Å². The molecule has 1 aliphatic rings. The maximum atomic E-state index is 13.0. The third-order valence-electron chi connectivity index (χ3n) is 6.09. The molecule has 0 saturated heterocycles. The molecule has 1 fully saturated rings. The van der Waals surface area contributed by atoms with Gasteiger partial charge in [-0.3, -0.25) is 9.48 Å². The maximum Gasteiger partial charge on any atom is 0.394 e. The highest BCUT2D eigenvalue weighted by atomic mass is 35.5. The van der Waals surface area contributed by atoms with Gasteiger partial charge in [0.1, 0.15) is 10.0 Å². The molecule has 1 N–H and O–H groups in total. The normalized spacial score (nSPS) is 15.1. The lowest BCUT2D eigenvalue weighted by atomic mass is 10.0. The minimum Gasteiger partial charge on any atom is -0.477 e. The number of ether oxygens (including phenoxy) is 1. The smallest absolute Gasteiger partial charge is 0.394 e. The van der Waals surface area contributed by atoms with Crippen molar-refractivity contribution in [3.8, 4) is 11.7 Å². The number of amides is 1. The number of rotatable bonds is 9. The maximum absolute atomic E-state index is 13.0. The molecule has 0 radical (unpaired) electrons. The van der Waals surface area contributed by atoms with E-state index < -0.39 is 27.5 Å². The van der Waals surface area contributed by atoms with Crippen LogP contribution in [0.2, 0.25) is 5.15 Å². The molecule has 0 unspecified atom stereocenters. The number of aromatic nitrogens is 5. The first-order chi connectivity index (χ1) is 16.8. The standard InChI is InChI=1S/C21H22ClF3N6O4S/c1-13-15(12-26-30(13)2)36(33,34)29-19(32)14-4-5-16(27-18(14)22)31-10-6-17(28-31)35-11-3-7-20(8-9-20)21(23,24)25/h4-6,10,12H,3,7-9,11H2,1-2H3,(H,29,32). The van der Waals surface area contributed by atoms with Gasteiger partial charge in [-0.15, -0.1) is 5.10 Å². The third-order valence-corrected chi connectivity index (χ3v) is 7.81. The van der Waals surface area contributed by atoms with Crippen molar-refractivity contribution >= 4 is 27.5 Å². The van der Waals surface area contributed by atoms with Crippen molar-refractivity contribution in [2.45, 2.75) is 43.7 Å². The molecule has 1 aliphatic carbocycles. The minimum absolute atomic E-state index is 0.00791. The van der Waals surface area contributed by atoms with E-state index in [1.165, 1.54) is 33.8 Å². The Morgan fingerprint density at radius 2 is 2.00 bits per heavy atom. The van der Waals surface area contributed by atoms with Gasteiger partial charge in [0.15, 0.2) is 5.82 Å². The lowest BCUT2D eigenvalue weighted by molar-refractivity contribution is -0.189. The molecule has 15 heteroatoms. The molecule has 0 bridgehead atoms. The van der Waals surface area contributed by atoms with Crippen LogP contribution < -0.4 is 9.46 Å². The van der Waals surface area contributed by atoms with E-state index in [-0.39, 0.29) is 59.6 Å². The van der Waals surface area contributed by atoms with Crippen molar-refractivity contribution in [1.82, 2.24) is 29.3 Å². The molecule has 0 spiro atoms. The van der Waals surface area contributed by atoms with Crippen molar-refractivity contribution in [2.24, 2.45) is 12.5 Å². The second kappa shape index (κ2) is 9.39. The lowest BCUT2D eigenvalue weighted by Crippen LogP contribution is -2.31. The first-order valence-electron chi connectivity index (χ1n) is 10.8. The molecular formula is C21H22ClF3N6O4S.